The number of halogens is 2. The maximum absolute atomic E-state index is 12.6. The molecular formula is C19H23Cl2N3OS. The number of aromatic nitrogens is 1. The Labute approximate surface area is 168 Å². The van der Waals surface area contributed by atoms with E-state index < -0.39 is 0 Å². The number of hydrogen-bond donors (Lipinski definition) is 1. The molecule has 140 valence electrons. The van der Waals surface area contributed by atoms with Crippen molar-refractivity contribution in [1.82, 2.24) is 15.2 Å². The highest BCUT2D eigenvalue weighted by atomic mass is 35.5. The van der Waals surface area contributed by atoms with Crippen molar-refractivity contribution in [2.75, 3.05) is 13.1 Å². The highest BCUT2D eigenvalue weighted by molar-refractivity contribution is 7.09. The number of carbonyl (C=O) groups excluding carboxylic acids is 1. The maximum Gasteiger partial charge on any atom is 0.223 e. The third-order valence-corrected chi connectivity index (χ3v) is 6.37. The van der Waals surface area contributed by atoms with E-state index in [2.05, 4.69) is 20.6 Å². The van der Waals surface area contributed by atoms with Crippen molar-refractivity contribution in [3.63, 3.8) is 0 Å². The van der Waals surface area contributed by atoms with Crippen LogP contribution in [-0.2, 0) is 11.3 Å². The average molecular weight is 412 g/mol. The Morgan fingerprint density at radius 1 is 1.35 bits per heavy atom. The van der Waals surface area contributed by atoms with Gasteiger partial charge in [0.2, 0.25) is 5.91 Å². The van der Waals surface area contributed by atoms with Gasteiger partial charge in [-0.05, 0) is 57.5 Å². The van der Waals surface area contributed by atoms with Crippen molar-refractivity contribution in [2.24, 2.45) is 5.92 Å². The molecule has 1 fully saturated rings. The maximum atomic E-state index is 12.6. The van der Waals surface area contributed by atoms with E-state index in [9.17, 15) is 4.79 Å². The van der Waals surface area contributed by atoms with Crippen LogP contribution in [-0.4, -0.2) is 28.9 Å². The summed E-state index contributed by atoms with van der Waals surface area (Å²) in [5, 5.41) is 7.37. The minimum atomic E-state index is -0.0896. The quantitative estimate of drug-likeness (QED) is 0.764. The summed E-state index contributed by atoms with van der Waals surface area (Å²) in [6, 6.07) is 5.39. The van der Waals surface area contributed by atoms with Crippen LogP contribution in [0, 0.1) is 12.8 Å². The monoisotopic (exact) mass is 411 g/mol. The van der Waals surface area contributed by atoms with E-state index in [1.165, 1.54) is 0 Å². The van der Waals surface area contributed by atoms with Crippen molar-refractivity contribution >= 4 is 40.4 Å². The molecule has 1 atom stereocenters. The van der Waals surface area contributed by atoms with Gasteiger partial charge in [-0.15, -0.1) is 11.3 Å². The fourth-order valence-corrected chi connectivity index (χ4v) is 4.17. The Morgan fingerprint density at radius 3 is 2.69 bits per heavy atom. The van der Waals surface area contributed by atoms with E-state index in [1.54, 1.807) is 17.4 Å². The lowest BCUT2D eigenvalue weighted by Crippen LogP contribution is -2.40. The Kier molecular flexibility index (Phi) is 6.56. The topological polar surface area (TPSA) is 45.2 Å². The first-order chi connectivity index (χ1) is 12.4. The van der Waals surface area contributed by atoms with Crippen LogP contribution in [0.1, 0.15) is 42.1 Å². The molecule has 1 aromatic carbocycles. The number of nitrogens with zero attached hydrogens (tertiary/aromatic N) is 2. The molecule has 26 heavy (non-hydrogen) atoms. The number of hydrogen-bond acceptors (Lipinski definition) is 4. The Hall–Kier alpha value is -1.14. The van der Waals surface area contributed by atoms with Gasteiger partial charge in [0.05, 0.1) is 26.8 Å². The molecule has 0 spiro atoms. The standard InChI is InChI=1S/C19H23Cl2N3OS/c1-12(15-3-4-17(20)18(21)9-15)22-19(25)14-5-7-24(8-6-14)10-16-11-26-13(2)23-16/h3-4,9,11-12,14H,5-8,10H2,1-2H3,(H,22,25). The predicted molar refractivity (Wildman–Crippen MR) is 108 cm³/mol. The number of aryl methyl sites for hydroxylation is 1. The molecule has 1 aliphatic heterocycles. The van der Waals surface area contributed by atoms with Crippen LogP contribution >= 0.6 is 34.5 Å². The van der Waals surface area contributed by atoms with Gasteiger partial charge in [0, 0.05) is 17.8 Å². The van der Waals surface area contributed by atoms with Crippen LogP contribution in [0.5, 0.6) is 0 Å². The number of benzene rings is 1. The van der Waals surface area contributed by atoms with Crippen molar-refractivity contribution < 1.29 is 4.79 Å². The second-order valence-electron chi connectivity index (χ2n) is 6.81. The van der Waals surface area contributed by atoms with Crippen LogP contribution < -0.4 is 5.32 Å². The molecule has 1 aromatic heterocycles. The summed E-state index contributed by atoms with van der Waals surface area (Å²) in [5.74, 6) is 0.182. The zero-order valence-corrected chi connectivity index (χ0v) is 17.3. The molecule has 1 saturated heterocycles. The third-order valence-electron chi connectivity index (χ3n) is 4.81. The fourth-order valence-electron chi connectivity index (χ4n) is 3.26. The number of likely N-dealkylation sites (tertiary alicyclic amines) is 1. The van der Waals surface area contributed by atoms with Crippen molar-refractivity contribution in [2.45, 2.75) is 39.3 Å². The lowest BCUT2D eigenvalue weighted by atomic mass is 9.95. The van der Waals surface area contributed by atoms with Crippen molar-refractivity contribution in [3.8, 4) is 0 Å². The van der Waals surface area contributed by atoms with Crippen LogP contribution in [0.4, 0.5) is 0 Å². The largest absolute Gasteiger partial charge is 0.349 e. The molecule has 1 N–H and O–H groups in total. The molecule has 1 aliphatic rings. The van der Waals surface area contributed by atoms with Gasteiger partial charge in [-0.3, -0.25) is 9.69 Å². The van der Waals surface area contributed by atoms with Gasteiger partial charge in [-0.25, -0.2) is 4.98 Å². The first-order valence-corrected chi connectivity index (χ1v) is 10.4. The summed E-state index contributed by atoms with van der Waals surface area (Å²) in [6.07, 6.45) is 1.76. The van der Waals surface area contributed by atoms with Crippen LogP contribution in [0.2, 0.25) is 10.0 Å². The van der Waals surface area contributed by atoms with Crippen LogP contribution in [0.15, 0.2) is 23.6 Å². The van der Waals surface area contributed by atoms with Gasteiger partial charge in [0.25, 0.3) is 0 Å². The van der Waals surface area contributed by atoms with Gasteiger partial charge in [-0.2, -0.15) is 0 Å². The number of piperidine rings is 1. The van der Waals surface area contributed by atoms with Crippen LogP contribution in [0.25, 0.3) is 0 Å². The number of carbonyl (C=O) groups is 1. The SMILES string of the molecule is Cc1nc(CN2CCC(C(=O)NC(C)c3ccc(Cl)c(Cl)c3)CC2)cs1. The lowest BCUT2D eigenvalue weighted by Gasteiger charge is -2.31. The molecule has 0 bridgehead atoms. The molecule has 7 heteroatoms. The molecule has 4 nitrogen and oxygen atoms in total. The Morgan fingerprint density at radius 2 is 2.08 bits per heavy atom. The summed E-state index contributed by atoms with van der Waals surface area (Å²) in [5.41, 5.74) is 2.09. The van der Waals surface area contributed by atoms with Crippen molar-refractivity contribution in [1.29, 1.82) is 0 Å². The molecule has 0 saturated carbocycles. The zero-order chi connectivity index (χ0) is 18.7. The predicted octanol–water partition coefficient (Wildman–Crippen LogP) is 4.85. The lowest BCUT2D eigenvalue weighted by molar-refractivity contribution is -0.127. The first-order valence-electron chi connectivity index (χ1n) is 8.81. The molecule has 1 unspecified atom stereocenters. The smallest absolute Gasteiger partial charge is 0.223 e. The minimum absolute atomic E-state index is 0.0636. The van der Waals surface area contributed by atoms with Gasteiger partial charge in [-0.1, -0.05) is 29.3 Å². The fraction of sp³-hybridized carbons (Fsp3) is 0.474. The first kappa shape index (κ1) is 19.6. The highest BCUT2D eigenvalue weighted by Crippen LogP contribution is 2.26. The molecule has 3 rings (SSSR count). The van der Waals surface area contributed by atoms with Gasteiger partial charge in [0.1, 0.15) is 0 Å². The second kappa shape index (κ2) is 8.70. The number of nitrogens with one attached hydrogen (secondary N) is 1. The van der Waals surface area contributed by atoms with E-state index >= 15 is 0 Å². The number of amides is 1. The van der Waals surface area contributed by atoms with Gasteiger partial charge >= 0.3 is 0 Å². The number of rotatable bonds is 5. The Balaban J connectivity index is 1.49. The normalized spacial score (nSPS) is 17.2. The molecular weight excluding hydrogens is 389 g/mol. The van der Waals surface area contributed by atoms with E-state index in [4.69, 9.17) is 23.2 Å². The summed E-state index contributed by atoms with van der Waals surface area (Å²) in [6.45, 7) is 6.72. The second-order valence-corrected chi connectivity index (χ2v) is 8.69. The summed E-state index contributed by atoms with van der Waals surface area (Å²) < 4.78 is 0. The van der Waals surface area contributed by atoms with Crippen molar-refractivity contribution in [3.05, 3.63) is 49.9 Å². The van der Waals surface area contributed by atoms with E-state index in [1.807, 2.05) is 26.0 Å². The van der Waals surface area contributed by atoms with Gasteiger partial charge in [0.15, 0.2) is 0 Å². The summed E-state index contributed by atoms with van der Waals surface area (Å²) >= 11 is 13.7. The zero-order valence-electron chi connectivity index (χ0n) is 15.0. The average Bonchev–Trinajstić information content (AvgIpc) is 3.02. The van der Waals surface area contributed by atoms with E-state index in [-0.39, 0.29) is 17.9 Å². The summed E-state index contributed by atoms with van der Waals surface area (Å²) in [7, 11) is 0. The Bertz CT molecular complexity index is 772. The summed E-state index contributed by atoms with van der Waals surface area (Å²) in [4.78, 5) is 19.5. The third kappa shape index (κ3) is 4.97. The molecule has 0 radical (unpaired) electrons. The molecule has 1 amide bonds. The van der Waals surface area contributed by atoms with E-state index in [0.29, 0.717) is 10.0 Å². The van der Waals surface area contributed by atoms with Gasteiger partial charge < -0.3 is 5.32 Å². The molecule has 2 aromatic rings. The van der Waals surface area contributed by atoms with E-state index in [0.717, 1.165) is 48.7 Å². The number of thiazole rings is 1. The highest BCUT2D eigenvalue weighted by Gasteiger charge is 2.26. The molecule has 0 aliphatic carbocycles. The van der Waals surface area contributed by atoms with Crippen LogP contribution in [0.3, 0.4) is 0 Å². The molecule has 2 heterocycles. The minimum Gasteiger partial charge on any atom is -0.349 e.